The number of rotatable bonds is 2. The van der Waals surface area contributed by atoms with Crippen LogP contribution in [0.4, 0.5) is 0 Å². The number of nitrogens with zero attached hydrogens (tertiary/aromatic N) is 2. The minimum absolute atomic E-state index is 0. The van der Waals surface area contributed by atoms with Gasteiger partial charge in [0.25, 0.3) is 0 Å². The predicted molar refractivity (Wildman–Crippen MR) is 85.4 cm³/mol. The summed E-state index contributed by atoms with van der Waals surface area (Å²) in [5, 5.41) is 0. The molecule has 6 fully saturated rings. The average molecular weight is 407 g/mol. The Labute approximate surface area is 149 Å². The molecule has 0 heterocycles. The SMILES string of the molecule is C[N+](C)(C)C12CCC(CC1)C1([N+](C)(C)C)CCC2CC1.[I-]. The van der Waals surface area contributed by atoms with Crippen LogP contribution >= 0.6 is 0 Å². The summed E-state index contributed by atoms with van der Waals surface area (Å²) in [4.78, 5) is 0. The van der Waals surface area contributed by atoms with Gasteiger partial charge in [-0.25, -0.2) is 0 Å². The summed E-state index contributed by atoms with van der Waals surface area (Å²) in [6, 6.07) is 0. The van der Waals surface area contributed by atoms with Gasteiger partial charge in [0, 0.05) is 37.5 Å². The summed E-state index contributed by atoms with van der Waals surface area (Å²) >= 11 is 0. The highest BCUT2D eigenvalue weighted by Gasteiger charge is 2.62. The molecular formula is C18H36IN2+. The molecule has 6 aliphatic rings. The first kappa shape index (κ1) is 18.0. The second-order valence-corrected chi connectivity index (χ2v) is 9.78. The Kier molecular flexibility index (Phi) is 4.57. The Morgan fingerprint density at radius 1 is 0.571 bits per heavy atom. The van der Waals surface area contributed by atoms with Gasteiger partial charge in [0.2, 0.25) is 0 Å². The number of hydrogen-bond donors (Lipinski definition) is 0. The van der Waals surface area contributed by atoms with E-state index in [1.165, 1.54) is 60.3 Å². The third kappa shape index (κ3) is 2.40. The molecule has 21 heavy (non-hydrogen) atoms. The van der Waals surface area contributed by atoms with Crippen LogP contribution in [0.15, 0.2) is 0 Å². The minimum Gasteiger partial charge on any atom is -1.00 e. The molecule has 3 heteroatoms. The van der Waals surface area contributed by atoms with Gasteiger partial charge in [-0.3, -0.25) is 0 Å². The maximum absolute atomic E-state index is 2.46. The summed E-state index contributed by atoms with van der Waals surface area (Å²) in [5.74, 6) is 1.95. The maximum Gasteiger partial charge on any atom is 0.101 e. The summed E-state index contributed by atoms with van der Waals surface area (Å²) in [5.41, 5.74) is 1.18. The lowest BCUT2D eigenvalue weighted by Gasteiger charge is -2.64. The van der Waals surface area contributed by atoms with Gasteiger partial charge in [-0.05, 0) is 25.7 Å². The number of quaternary nitrogens is 2. The number of hydrogen-bond acceptors (Lipinski definition) is 0. The minimum atomic E-state index is 0. The van der Waals surface area contributed by atoms with Crippen LogP contribution in [0.1, 0.15) is 51.4 Å². The first-order chi connectivity index (χ1) is 9.12. The van der Waals surface area contributed by atoms with E-state index in [-0.39, 0.29) is 24.0 Å². The first-order valence-electron chi connectivity index (χ1n) is 8.76. The van der Waals surface area contributed by atoms with Crippen molar-refractivity contribution in [2.75, 3.05) is 42.3 Å². The van der Waals surface area contributed by atoms with Gasteiger partial charge < -0.3 is 32.9 Å². The summed E-state index contributed by atoms with van der Waals surface area (Å²) in [6.45, 7) is 0. The zero-order chi connectivity index (χ0) is 14.8. The highest BCUT2D eigenvalue weighted by atomic mass is 127. The van der Waals surface area contributed by atoms with Gasteiger partial charge in [-0.2, -0.15) is 0 Å². The van der Waals surface area contributed by atoms with Crippen molar-refractivity contribution in [2.45, 2.75) is 62.4 Å². The van der Waals surface area contributed by atoms with Gasteiger partial charge in [0.05, 0.1) is 42.3 Å². The molecule has 0 radical (unpaired) electrons. The van der Waals surface area contributed by atoms with E-state index < -0.39 is 0 Å². The molecule has 2 nitrogen and oxygen atoms in total. The fourth-order valence-corrected chi connectivity index (χ4v) is 6.56. The second-order valence-electron chi connectivity index (χ2n) is 9.78. The van der Waals surface area contributed by atoms with Gasteiger partial charge in [-0.15, -0.1) is 0 Å². The van der Waals surface area contributed by atoms with Gasteiger partial charge in [-0.1, -0.05) is 0 Å². The Morgan fingerprint density at radius 3 is 1.00 bits per heavy atom. The third-order valence-corrected chi connectivity index (χ3v) is 7.89. The molecule has 0 atom stereocenters. The maximum atomic E-state index is 2.46. The van der Waals surface area contributed by atoms with Crippen molar-refractivity contribution in [3.63, 3.8) is 0 Å². The molecular weight excluding hydrogens is 371 g/mol. The Morgan fingerprint density at radius 2 is 0.810 bits per heavy atom. The lowest BCUT2D eigenvalue weighted by molar-refractivity contribution is -0.945. The highest BCUT2D eigenvalue weighted by Crippen LogP contribution is 2.59. The van der Waals surface area contributed by atoms with Crippen LogP contribution in [0.5, 0.6) is 0 Å². The largest absolute Gasteiger partial charge is 1.00 e. The van der Waals surface area contributed by atoms with Gasteiger partial charge in [0.15, 0.2) is 0 Å². The Balaban J connectivity index is 0.00000161. The molecule has 0 aromatic rings. The summed E-state index contributed by atoms with van der Waals surface area (Å²) in [6.07, 6.45) is 11.9. The molecule has 6 rings (SSSR count). The molecule has 0 aromatic carbocycles. The Bertz CT molecular complexity index is 337. The van der Waals surface area contributed by atoms with Crippen molar-refractivity contribution in [1.82, 2.24) is 0 Å². The van der Waals surface area contributed by atoms with Crippen molar-refractivity contribution in [2.24, 2.45) is 11.8 Å². The van der Waals surface area contributed by atoms with Crippen LogP contribution in [0.25, 0.3) is 0 Å². The Hall–Kier alpha value is 0.650. The van der Waals surface area contributed by atoms with Crippen LogP contribution in [-0.4, -0.2) is 62.3 Å². The van der Waals surface area contributed by atoms with Crippen molar-refractivity contribution < 1.29 is 32.9 Å². The molecule has 124 valence electrons. The smallest absolute Gasteiger partial charge is 0.101 e. The van der Waals surface area contributed by atoms with E-state index in [4.69, 9.17) is 0 Å². The molecule has 0 aliphatic heterocycles. The fraction of sp³-hybridized carbons (Fsp3) is 1.00. The normalized spacial score (nSPS) is 43.1. The monoisotopic (exact) mass is 407 g/mol. The van der Waals surface area contributed by atoms with Crippen molar-refractivity contribution >= 4 is 0 Å². The summed E-state index contributed by atoms with van der Waals surface area (Å²) < 4.78 is 2.39. The van der Waals surface area contributed by atoms with E-state index >= 15 is 0 Å². The van der Waals surface area contributed by atoms with Crippen LogP contribution in [0.3, 0.4) is 0 Å². The molecule has 0 N–H and O–H groups in total. The molecule has 0 aromatic heterocycles. The molecule has 0 unspecified atom stereocenters. The summed E-state index contributed by atoms with van der Waals surface area (Å²) in [7, 11) is 14.8. The molecule has 0 spiro atoms. The predicted octanol–water partition coefficient (Wildman–Crippen LogP) is 0.274. The van der Waals surface area contributed by atoms with E-state index in [0.29, 0.717) is 11.1 Å². The molecule has 0 amide bonds. The standard InChI is InChI=1S/C18H36N2.HI/c1-19(2,3)17-11-7-16(8-12-17)18(20(4,5)6)13-9-15(17)10-14-18;/h15-16H,7-14H2,1-6H3;1H/q+2;/p-1. The van der Waals surface area contributed by atoms with Crippen LogP contribution in [0, 0.1) is 11.8 Å². The highest BCUT2D eigenvalue weighted by molar-refractivity contribution is 5.06. The lowest BCUT2D eigenvalue weighted by Crippen LogP contribution is -3.00. The topological polar surface area (TPSA) is 0 Å². The van der Waals surface area contributed by atoms with E-state index in [1.807, 2.05) is 0 Å². The van der Waals surface area contributed by atoms with Crippen LogP contribution in [-0.2, 0) is 0 Å². The quantitative estimate of drug-likeness (QED) is 0.456. The van der Waals surface area contributed by atoms with Crippen molar-refractivity contribution in [3.05, 3.63) is 0 Å². The van der Waals surface area contributed by atoms with E-state index in [9.17, 15) is 0 Å². The molecule has 4 bridgehead atoms. The van der Waals surface area contributed by atoms with Crippen molar-refractivity contribution in [1.29, 1.82) is 0 Å². The van der Waals surface area contributed by atoms with Crippen LogP contribution in [0.2, 0.25) is 0 Å². The van der Waals surface area contributed by atoms with E-state index in [2.05, 4.69) is 42.3 Å². The van der Waals surface area contributed by atoms with Crippen molar-refractivity contribution in [3.8, 4) is 0 Å². The zero-order valence-electron chi connectivity index (χ0n) is 15.1. The first-order valence-corrected chi connectivity index (χ1v) is 8.76. The fourth-order valence-electron chi connectivity index (χ4n) is 6.56. The molecule has 6 aliphatic carbocycles. The van der Waals surface area contributed by atoms with Gasteiger partial charge in [0.1, 0.15) is 11.1 Å². The lowest BCUT2D eigenvalue weighted by atomic mass is 9.52. The van der Waals surface area contributed by atoms with E-state index in [0.717, 1.165) is 11.8 Å². The zero-order valence-corrected chi connectivity index (χ0v) is 17.2. The number of halogens is 1. The molecule has 0 saturated heterocycles. The van der Waals surface area contributed by atoms with Gasteiger partial charge >= 0.3 is 0 Å². The third-order valence-electron chi connectivity index (χ3n) is 7.89. The van der Waals surface area contributed by atoms with E-state index in [1.54, 1.807) is 0 Å². The second kappa shape index (κ2) is 5.34. The molecule has 6 saturated carbocycles. The van der Waals surface area contributed by atoms with Crippen LogP contribution < -0.4 is 24.0 Å². The average Bonchev–Trinajstić information content (AvgIpc) is 2.32.